The van der Waals surface area contributed by atoms with Gasteiger partial charge in [0.15, 0.2) is 0 Å². The number of rotatable bonds is 7. The molecule has 1 aromatic rings. The van der Waals surface area contributed by atoms with E-state index in [2.05, 4.69) is 42.2 Å². The van der Waals surface area contributed by atoms with Crippen molar-refractivity contribution in [2.24, 2.45) is 11.7 Å². The first-order chi connectivity index (χ1) is 9.83. The topological polar surface area (TPSA) is 29.3 Å². The summed E-state index contributed by atoms with van der Waals surface area (Å²) in [6, 6.07) is 11.6. The summed E-state index contributed by atoms with van der Waals surface area (Å²) in [5.41, 5.74) is 7.24. The van der Waals surface area contributed by atoms with Crippen molar-refractivity contribution in [2.75, 3.05) is 13.1 Å². The van der Waals surface area contributed by atoms with Gasteiger partial charge in [0, 0.05) is 25.7 Å². The summed E-state index contributed by atoms with van der Waals surface area (Å²) in [4.78, 5) is 2.61. The van der Waals surface area contributed by atoms with Crippen molar-refractivity contribution in [3.63, 3.8) is 0 Å². The van der Waals surface area contributed by atoms with Crippen LogP contribution in [0.5, 0.6) is 0 Å². The van der Waals surface area contributed by atoms with E-state index in [1.54, 1.807) is 0 Å². The Kier molecular flexibility index (Phi) is 6.55. The van der Waals surface area contributed by atoms with E-state index in [0.717, 1.165) is 31.6 Å². The third-order valence-corrected chi connectivity index (χ3v) is 4.67. The van der Waals surface area contributed by atoms with Gasteiger partial charge in [-0.05, 0) is 37.2 Å². The predicted molar refractivity (Wildman–Crippen MR) is 86.6 cm³/mol. The van der Waals surface area contributed by atoms with E-state index >= 15 is 0 Å². The Labute approximate surface area is 124 Å². The lowest BCUT2D eigenvalue weighted by Gasteiger charge is -2.37. The summed E-state index contributed by atoms with van der Waals surface area (Å²) in [6.45, 7) is 5.16. The van der Waals surface area contributed by atoms with E-state index in [-0.39, 0.29) is 0 Å². The molecule has 1 saturated carbocycles. The number of hydrogen-bond acceptors (Lipinski definition) is 2. The van der Waals surface area contributed by atoms with Crippen LogP contribution >= 0.6 is 0 Å². The first kappa shape index (κ1) is 15.5. The van der Waals surface area contributed by atoms with Crippen LogP contribution < -0.4 is 5.73 Å². The fourth-order valence-corrected chi connectivity index (χ4v) is 3.58. The second-order valence-corrected chi connectivity index (χ2v) is 6.21. The molecule has 0 unspecified atom stereocenters. The standard InChI is InChI=1S/C18H30N2/c1-2-6-16-9-11-18(12-10-16)20(14-13-19)15-17-7-4-3-5-8-17/h3-5,7-8,16,18H,2,6,9-15,19H2,1H3. The Balaban J connectivity index is 1.89. The second-order valence-electron chi connectivity index (χ2n) is 6.21. The van der Waals surface area contributed by atoms with Crippen LogP contribution in [0.2, 0.25) is 0 Å². The molecule has 0 atom stereocenters. The van der Waals surface area contributed by atoms with Crippen molar-refractivity contribution in [3.05, 3.63) is 35.9 Å². The van der Waals surface area contributed by atoms with Crippen LogP contribution in [-0.2, 0) is 6.54 Å². The SMILES string of the molecule is CCCC1CCC(N(CCN)Cc2ccccc2)CC1. The monoisotopic (exact) mass is 274 g/mol. The van der Waals surface area contributed by atoms with Crippen LogP contribution in [0.15, 0.2) is 30.3 Å². The highest BCUT2D eigenvalue weighted by Crippen LogP contribution is 2.30. The first-order valence-corrected chi connectivity index (χ1v) is 8.31. The first-order valence-electron chi connectivity index (χ1n) is 8.31. The fraction of sp³-hybridized carbons (Fsp3) is 0.667. The molecule has 0 radical (unpaired) electrons. The predicted octanol–water partition coefficient (Wildman–Crippen LogP) is 3.81. The summed E-state index contributed by atoms with van der Waals surface area (Å²) in [5, 5.41) is 0. The molecule has 1 fully saturated rings. The molecule has 0 bridgehead atoms. The average molecular weight is 274 g/mol. The average Bonchev–Trinajstić information content (AvgIpc) is 2.49. The summed E-state index contributed by atoms with van der Waals surface area (Å²) >= 11 is 0. The number of benzene rings is 1. The molecule has 0 spiro atoms. The molecule has 1 aromatic carbocycles. The minimum atomic E-state index is 0.742. The highest BCUT2D eigenvalue weighted by Gasteiger charge is 2.25. The zero-order valence-electron chi connectivity index (χ0n) is 12.9. The third-order valence-electron chi connectivity index (χ3n) is 4.67. The number of nitrogens with zero attached hydrogens (tertiary/aromatic N) is 1. The Morgan fingerprint density at radius 2 is 1.80 bits per heavy atom. The van der Waals surface area contributed by atoms with Crippen molar-refractivity contribution >= 4 is 0 Å². The normalized spacial score (nSPS) is 23.1. The molecule has 0 amide bonds. The molecule has 0 aromatic heterocycles. The van der Waals surface area contributed by atoms with Crippen molar-refractivity contribution in [1.82, 2.24) is 4.90 Å². The van der Waals surface area contributed by atoms with Crippen LogP contribution in [-0.4, -0.2) is 24.0 Å². The molecule has 2 rings (SSSR count). The third kappa shape index (κ3) is 4.60. The van der Waals surface area contributed by atoms with Gasteiger partial charge in [-0.1, -0.05) is 50.1 Å². The lowest BCUT2D eigenvalue weighted by atomic mass is 9.83. The minimum absolute atomic E-state index is 0.742. The van der Waals surface area contributed by atoms with E-state index in [1.807, 2.05) is 0 Å². The molecular formula is C18H30N2. The molecule has 1 aliphatic rings. The van der Waals surface area contributed by atoms with Crippen molar-refractivity contribution in [3.8, 4) is 0 Å². The molecule has 2 heteroatoms. The zero-order chi connectivity index (χ0) is 14.2. The quantitative estimate of drug-likeness (QED) is 0.819. The Morgan fingerprint density at radius 3 is 2.40 bits per heavy atom. The molecule has 2 N–H and O–H groups in total. The van der Waals surface area contributed by atoms with Crippen LogP contribution in [0.3, 0.4) is 0 Å². The summed E-state index contributed by atoms with van der Waals surface area (Å²) < 4.78 is 0. The molecule has 0 aliphatic heterocycles. The summed E-state index contributed by atoms with van der Waals surface area (Å²) in [7, 11) is 0. The number of nitrogens with two attached hydrogens (primary N) is 1. The van der Waals surface area contributed by atoms with Crippen LogP contribution in [0, 0.1) is 5.92 Å². The molecular weight excluding hydrogens is 244 g/mol. The molecule has 0 saturated heterocycles. The lowest BCUT2D eigenvalue weighted by Crippen LogP contribution is -2.40. The number of hydrogen-bond donors (Lipinski definition) is 1. The van der Waals surface area contributed by atoms with Gasteiger partial charge in [-0.3, -0.25) is 4.90 Å². The van der Waals surface area contributed by atoms with Crippen LogP contribution in [0.1, 0.15) is 51.0 Å². The van der Waals surface area contributed by atoms with E-state index in [9.17, 15) is 0 Å². The Bertz CT molecular complexity index is 355. The van der Waals surface area contributed by atoms with Gasteiger partial charge >= 0.3 is 0 Å². The Hall–Kier alpha value is -0.860. The van der Waals surface area contributed by atoms with Gasteiger partial charge in [0.05, 0.1) is 0 Å². The van der Waals surface area contributed by atoms with Gasteiger partial charge in [0.2, 0.25) is 0 Å². The zero-order valence-corrected chi connectivity index (χ0v) is 12.9. The van der Waals surface area contributed by atoms with Gasteiger partial charge in [0.25, 0.3) is 0 Å². The summed E-state index contributed by atoms with van der Waals surface area (Å²) in [6.07, 6.45) is 8.30. The molecule has 112 valence electrons. The van der Waals surface area contributed by atoms with Crippen molar-refractivity contribution in [1.29, 1.82) is 0 Å². The largest absolute Gasteiger partial charge is 0.329 e. The van der Waals surface area contributed by atoms with Gasteiger partial charge in [-0.25, -0.2) is 0 Å². The van der Waals surface area contributed by atoms with E-state index in [0.29, 0.717) is 0 Å². The maximum atomic E-state index is 5.82. The van der Waals surface area contributed by atoms with Gasteiger partial charge in [-0.2, -0.15) is 0 Å². The fourth-order valence-electron chi connectivity index (χ4n) is 3.58. The summed E-state index contributed by atoms with van der Waals surface area (Å²) in [5.74, 6) is 0.979. The van der Waals surface area contributed by atoms with Gasteiger partial charge in [0.1, 0.15) is 0 Å². The highest BCUT2D eigenvalue weighted by atomic mass is 15.2. The molecule has 2 nitrogen and oxygen atoms in total. The van der Waals surface area contributed by atoms with Crippen molar-refractivity contribution < 1.29 is 0 Å². The van der Waals surface area contributed by atoms with E-state index in [4.69, 9.17) is 5.73 Å². The second kappa shape index (κ2) is 8.43. The van der Waals surface area contributed by atoms with Crippen LogP contribution in [0.4, 0.5) is 0 Å². The maximum Gasteiger partial charge on any atom is 0.0237 e. The molecule has 20 heavy (non-hydrogen) atoms. The van der Waals surface area contributed by atoms with Crippen molar-refractivity contribution in [2.45, 2.75) is 58.0 Å². The van der Waals surface area contributed by atoms with E-state index < -0.39 is 0 Å². The molecule has 1 aliphatic carbocycles. The highest BCUT2D eigenvalue weighted by molar-refractivity contribution is 5.14. The Morgan fingerprint density at radius 1 is 1.10 bits per heavy atom. The lowest BCUT2D eigenvalue weighted by molar-refractivity contribution is 0.130. The van der Waals surface area contributed by atoms with Crippen LogP contribution in [0.25, 0.3) is 0 Å². The minimum Gasteiger partial charge on any atom is -0.329 e. The van der Waals surface area contributed by atoms with Gasteiger partial charge in [-0.15, -0.1) is 0 Å². The molecule has 0 heterocycles. The maximum absolute atomic E-state index is 5.82. The van der Waals surface area contributed by atoms with E-state index in [1.165, 1.54) is 44.1 Å². The smallest absolute Gasteiger partial charge is 0.0237 e. The van der Waals surface area contributed by atoms with Gasteiger partial charge < -0.3 is 5.73 Å².